The molecule has 5 rings (SSSR count). The molecule has 1 unspecified atom stereocenters. The zero-order valence-corrected chi connectivity index (χ0v) is 25.9. The maximum absolute atomic E-state index is 14.1. The molecule has 3 amide bonds. The lowest BCUT2D eigenvalue weighted by Crippen LogP contribution is -2.71. The smallest absolute Gasteiger partial charge is 0.432 e. The van der Waals surface area contributed by atoms with Gasteiger partial charge in [-0.1, -0.05) is 66.7 Å². The molecular weight excluding hydrogens is 596 g/mol. The monoisotopic (exact) mass is 637 g/mol. The molecule has 3 aliphatic heterocycles. The van der Waals surface area contributed by atoms with Crippen LogP contribution in [0.4, 0.5) is 4.79 Å². The van der Waals surface area contributed by atoms with E-state index in [9.17, 15) is 24.6 Å². The number of urea groups is 1. The zero-order chi connectivity index (χ0) is 32.9. The summed E-state index contributed by atoms with van der Waals surface area (Å²) in [4.78, 5) is 39.6. The van der Waals surface area contributed by atoms with Gasteiger partial charge in [-0.05, 0) is 18.1 Å². The van der Waals surface area contributed by atoms with Gasteiger partial charge in [0.2, 0.25) is 18.6 Å². The molecule has 2 saturated heterocycles. The number of ether oxygens (including phenoxy) is 5. The number of amides is 3. The number of aliphatic hydroxyl groups is 2. The normalized spacial score (nSPS) is 32.6. The second kappa shape index (κ2) is 14.3. The summed E-state index contributed by atoms with van der Waals surface area (Å²) >= 11 is 0. The highest BCUT2D eigenvalue weighted by Gasteiger charge is 2.71. The summed E-state index contributed by atoms with van der Waals surface area (Å²) in [6.07, 6.45) is -3.67. The first-order valence-electron chi connectivity index (χ1n) is 15.3. The first-order valence-corrected chi connectivity index (χ1v) is 15.3. The molecule has 2 fully saturated rings. The van der Waals surface area contributed by atoms with Crippen molar-refractivity contribution in [3.63, 3.8) is 0 Å². The number of benzene rings is 2. The molecule has 0 bridgehead atoms. The molecular formula is C34H41N2O10+. The van der Waals surface area contributed by atoms with E-state index in [0.29, 0.717) is 0 Å². The van der Waals surface area contributed by atoms with Crippen LogP contribution in [0.1, 0.15) is 37.8 Å². The van der Waals surface area contributed by atoms with Crippen molar-refractivity contribution in [1.29, 1.82) is 0 Å². The molecule has 0 radical (unpaired) electrons. The number of carbonyl (C=O) groups is 3. The molecule has 0 saturated carbocycles. The predicted molar refractivity (Wildman–Crippen MR) is 163 cm³/mol. The highest BCUT2D eigenvalue weighted by molar-refractivity contribution is 6.03. The minimum absolute atomic E-state index is 0.0253. The van der Waals surface area contributed by atoms with Crippen LogP contribution in [0, 0.1) is 0 Å². The summed E-state index contributed by atoms with van der Waals surface area (Å²) in [5, 5.41) is 23.0. The lowest BCUT2D eigenvalue weighted by molar-refractivity contribution is -0.901. The predicted octanol–water partition coefficient (Wildman–Crippen LogP) is 2.83. The van der Waals surface area contributed by atoms with Gasteiger partial charge in [-0.15, -0.1) is 6.58 Å². The fourth-order valence-corrected chi connectivity index (χ4v) is 6.42. The minimum atomic E-state index is -1.42. The van der Waals surface area contributed by atoms with Gasteiger partial charge >= 0.3 is 12.0 Å². The van der Waals surface area contributed by atoms with Crippen molar-refractivity contribution in [3.05, 3.63) is 96.2 Å². The third kappa shape index (κ3) is 6.56. The molecule has 46 heavy (non-hydrogen) atoms. The molecule has 12 heteroatoms. The standard InChI is InChI=1S/C34H40N2O10/c1-4-15-34(43-20-25-13-9-6-10-14-25)28(21-42-19-24-11-7-5-8-12-24)46-32(30(34)44-23(3)38)36(17-22(2)31(40)35-33(36)41)29-16-26(39)27(18-37)45-29/h4-14,17,26-30,32,37,39H,1,15-16,18-21H2,2-3H3/p+1/t26-,27+,28+,29+,30-,32+,34+,36?/m0/s1. The Bertz CT molecular complexity index is 1440. The van der Waals surface area contributed by atoms with Crippen LogP contribution in [0.3, 0.4) is 0 Å². The maximum atomic E-state index is 14.1. The van der Waals surface area contributed by atoms with Gasteiger partial charge in [0.1, 0.15) is 24.0 Å². The second-order valence-corrected chi connectivity index (χ2v) is 11.8. The van der Waals surface area contributed by atoms with E-state index in [-0.39, 0.29) is 38.2 Å². The molecule has 12 nitrogen and oxygen atoms in total. The largest absolute Gasteiger partial charge is 0.450 e. The van der Waals surface area contributed by atoms with E-state index in [4.69, 9.17) is 23.7 Å². The lowest BCUT2D eigenvalue weighted by atomic mass is 9.87. The van der Waals surface area contributed by atoms with Crippen molar-refractivity contribution in [3.8, 4) is 0 Å². The topological polar surface area (TPSA) is 150 Å². The van der Waals surface area contributed by atoms with E-state index in [0.717, 1.165) is 11.1 Å². The molecule has 3 N–H and O–H groups in total. The van der Waals surface area contributed by atoms with Gasteiger partial charge in [-0.2, -0.15) is 4.48 Å². The molecule has 0 aliphatic carbocycles. The lowest BCUT2D eigenvalue weighted by Gasteiger charge is -2.44. The summed E-state index contributed by atoms with van der Waals surface area (Å²) in [7, 11) is 0. The molecule has 0 spiro atoms. The fraction of sp³-hybridized carbons (Fsp3) is 0.441. The van der Waals surface area contributed by atoms with Gasteiger partial charge in [0.25, 0.3) is 5.91 Å². The van der Waals surface area contributed by atoms with Crippen molar-refractivity contribution in [2.24, 2.45) is 0 Å². The number of quaternary nitrogens is 1. The Kier molecular flexibility index (Phi) is 10.5. The Morgan fingerprint density at radius 1 is 1.09 bits per heavy atom. The molecule has 0 aromatic heterocycles. The number of hydrogen-bond donors (Lipinski definition) is 3. The van der Waals surface area contributed by atoms with Crippen molar-refractivity contribution in [2.45, 2.75) is 82.4 Å². The van der Waals surface area contributed by atoms with Crippen LogP contribution < -0.4 is 5.32 Å². The van der Waals surface area contributed by atoms with Crippen molar-refractivity contribution in [2.75, 3.05) is 13.2 Å². The Morgan fingerprint density at radius 3 is 2.33 bits per heavy atom. The molecule has 2 aromatic carbocycles. The summed E-state index contributed by atoms with van der Waals surface area (Å²) in [5.74, 6) is -1.27. The van der Waals surface area contributed by atoms with Crippen LogP contribution in [0.2, 0.25) is 0 Å². The van der Waals surface area contributed by atoms with E-state index in [2.05, 4.69) is 11.9 Å². The molecule has 3 heterocycles. The van der Waals surface area contributed by atoms with E-state index >= 15 is 0 Å². The molecule has 8 atom stereocenters. The number of hydrogen-bond acceptors (Lipinski definition) is 10. The average Bonchev–Trinajstić information content (AvgIpc) is 3.56. The Balaban J connectivity index is 1.62. The van der Waals surface area contributed by atoms with Crippen LogP contribution >= 0.6 is 0 Å². The van der Waals surface area contributed by atoms with E-state index in [1.165, 1.54) is 20.0 Å². The summed E-state index contributed by atoms with van der Waals surface area (Å²) in [5.41, 5.74) is 0.521. The summed E-state index contributed by atoms with van der Waals surface area (Å²) in [6, 6.07) is 18.2. The Hall–Kier alpha value is -3.75. The van der Waals surface area contributed by atoms with Crippen molar-refractivity contribution >= 4 is 17.9 Å². The van der Waals surface area contributed by atoms with Crippen LogP contribution in [-0.4, -0.2) is 88.3 Å². The fourth-order valence-electron chi connectivity index (χ4n) is 6.42. The molecule has 246 valence electrons. The number of rotatable bonds is 13. The minimum Gasteiger partial charge on any atom is -0.450 e. The average molecular weight is 638 g/mol. The molecule has 2 aromatic rings. The quantitative estimate of drug-likeness (QED) is 0.170. The third-order valence-corrected chi connectivity index (χ3v) is 8.70. The summed E-state index contributed by atoms with van der Waals surface area (Å²) < 4.78 is 30.9. The SMILES string of the molecule is C=CC[C@@]1(OCc2ccccc2)[C@@H](COCc2ccccc2)O[C@@H]([N+]2([C@H]3C[C@H](O)[C@@H](CO)O3)C=C(C)C(=O)NC2=O)[C@@H]1OC(C)=O. The van der Waals surface area contributed by atoms with Gasteiger partial charge in [0, 0.05) is 13.3 Å². The van der Waals surface area contributed by atoms with Crippen LogP contribution in [0.25, 0.3) is 0 Å². The number of nitrogens with one attached hydrogen (secondary N) is 1. The maximum Gasteiger partial charge on any atom is 0.432 e. The Morgan fingerprint density at radius 2 is 1.74 bits per heavy atom. The molecule has 3 aliphatic rings. The van der Waals surface area contributed by atoms with Crippen molar-refractivity contribution < 1.29 is 52.8 Å². The highest BCUT2D eigenvalue weighted by Crippen LogP contribution is 2.48. The van der Waals surface area contributed by atoms with Gasteiger partial charge in [0.15, 0.2) is 0 Å². The number of aliphatic hydroxyl groups excluding tert-OH is 2. The van der Waals surface area contributed by atoms with Gasteiger partial charge in [-0.25, -0.2) is 10.1 Å². The second-order valence-electron chi connectivity index (χ2n) is 11.8. The number of carbonyl (C=O) groups excluding carboxylic acids is 3. The van der Waals surface area contributed by atoms with Crippen LogP contribution in [0.15, 0.2) is 85.1 Å². The van der Waals surface area contributed by atoms with Gasteiger partial charge in [-0.3, -0.25) is 9.59 Å². The van der Waals surface area contributed by atoms with Gasteiger partial charge in [0.05, 0.1) is 44.5 Å². The van der Waals surface area contributed by atoms with E-state index in [1.54, 1.807) is 6.08 Å². The van der Waals surface area contributed by atoms with E-state index in [1.807, 2.05) is 60.7 Å². The number of nitrogens with zero attached hydrogens (tertiary/aromatic N) is 1. The van der Waals surface area contributed by atoms with E-state index < -0.39 is 71.5 Å². The van der Waals surface area contributed by atoms with Crippen LogP contribution in [-0.2, 0) is 46.5 Å². The van der Waals surface area contributed by atoms with Crippen molar-refractivity contribution in [1.82, 2.24) is 5.32 Å². The first kappa shape index (κ1) is 33.6. The summed E-state index contributed by atoms with van der Waals surface area (Å²) in [6.45, 7) is 6.55. The number of imide groups is 1. The Labute approximate surface area is 267 Å². The highest BCUT2D eigenvalue weighted by atomic mass is 16.7. The van der Waals surface area contributed by atoms with Gasteiger partial charge < -0.3 is 33.9 Å². The number of esters is 1. The third-order valence-electron chi connectivity index (χ3n) is 8.70. The zero-order valence-electron chi connectivity index (χ0n) is 25.9. The van der Waals surface area contributed by atoms with Crippen LogP contribution in [0.5, 0.6) is 0 Å². The first-order chi connectivity index (χ1) is 22.1.